The highest BCUT2D eigenvalue weighted by Crippen LogP contribution is 2.36. The maximum absolute atomic E-state index is 12.3. The van der Waals surface area contributed by atoms with Crippen molar-refractivity contribution in [3.63, 3.8) is 0 Å². The fourth-order valence-corrected chi connectivity index (χ4v) is 2.65. The molecule has 0 aliphatic rings. The Labute approximate surface area is 171 Å². The predicted molar refractivity (Wildman–Crippen MR) is 106 cm³/mol. The quantitative estimate of drug-likeness (QED) is 0.513. The van der Waals surface area contributed by atoms with Gasteiger partial charge < -0.3 is 30.0 Å². The van der Waals surface area contributed by atoms with E-state index in [1.807, 2.05) is 0 Å². The summed E-state index contributed by atoms with van der Waals surface area (Å²) < 4.78 is 20.4. The molecule has 0 saturated carbocycles. The van der Waals surface area contributed by atoms with Gasteiger partial charge in [0.05, 0.1) is 42.7 Å². The first-order valence-electron chi connectivity index (χ1n) is 7.82. The van der Waals surface area contributed by atoms with E-state index in [2.05, 4.69) is 5.32 Å². The summed E-state index contributed by atoms with van der Waals surface area (Å²) in [7, 11) is 4.25. The van der Waals surface area contributed by atoms with Gasteiger partial charge in [0.1, 0.15) is 22.8 Å². The number of methoxy groups -OCH3 is 3. The summed E-state index contributed by atoms with van der Waals surface area (Å²) in [5, 5.41) is 2.99. The Morgan fingerprint density at radius 3 is 2.18 bits per heavy atom. The maximum Gasteiger partial charge on any atom is 0.342 e. The lowest BCUT2D eigenvalue weighted by molar-refractivity contribution is -0.119. The van der Waals surface area contributed by atoms with Gasteiger partial charge >= 0.3 is 5.97 Å². The third-order valence-electron chi connectivity index (χ3n) is 3.62. The minimum Gasteiger partial charge on any atom is -0.496 e. The number of rotatable bonds is 7. The van der Waals surface area contributed by atoms with Crippen LogP contribution < -0.4 is 25.3 Å². The summed E-state index contributed by atoms with van der Waals surface area (Å²) in [6.07, 6.45) is 0. The Hall–Kier alpha value is -2.84. The standard InChI is InChI=1S/C18H18Cl2N2O6/c1-25-14-6-12(21)10(19)4-9(14)18(24)28-8-17(23)22-13-5-11(20)15(26-2)7-16(13)27-3/h4-7H,8,21H2,1-3H3,(H,22,23). The molecule has 2 aromatic carbocycles. The fraction of sp³-hybridized carbons (Fsp3) is 0.222. The van der Waals surface area contributed by atoms with E-state index in [4.69, 9.17) is 47.9 Å². The molecule has 0 fully saturated rings. The summed E-state index contributed by atoms with van der Waals surface area (Å²) in [6.45, 7) is -0.559. The highest BCUT2D eigenvalue weighted by atomic mass is 35.5. The van der Waals surface area contributed by atoms with Crippen molar-refractivity contribution in [2.24, 2.45) is 0 Å². The van der Waals surface area contributed by atoms with Gasteiger partial charge in [-0.3, -0.25) is 4.79 Å². The van der Waals surface area contributed by atoms with Crippen molar-refractivity contribution in [2.45, 2.75) is 0 Å². The molecular weight excluding hydrogens is 411 g/mol. The van der Waals surface area contributed by atoms with Crippen LogP contribution in [0, 0.1) is 0 Å². The Morgan fingerprint density at radius 1 is 0.929 bits per heavy atom. The van der Waals surface area contributed by atoms with Crippen molar-refractivity contribution >= 4 is 46.5 Å². The highest BCUT2D eigenvalue weighted by molar-refractivity contribution is 6.33. The number of hydrogen-bond donors (Lipinski definition) is 2. The number of nitrogen functional groups attached to an aromatic ring is 1. The number of anilines is 2. The number of hydrogen-bond acceptors (Lipinski definition) is 7. The molecule has 0 atom stereocenters. The first-order valence-corrected chi connectivity index (χ1v) is 8.57. The van der Waals surface area contributed by atoms with Crippen molar-refractivity contribution in [3.05, 3.63) is 39.9 Å². The number of nitrogens with one attached hydrogen (secondary N) is 1. The molecule has 0 bridgehead atoms. The molecule has 0 unspecified atom stereocenters. The lowest BCUT2D eigenvalue weighted by atomic mass is 10.2. The minimum atomic E-state index is -0.798. The summed E-state index contributed by atoms with van der Waals surface area (Å²) in [6, 6.07) is 5.68. The first-order chi connectivity index (χ1) is 13.3. The van der Waals surface area contributed by atoms with Crippen LogP contribution in [0.4, 0.5) is 11.4 Å². The molecule has 0 radical (unpaired) electrons. The van der Waals surface area contributed by atoms with Gasteiger partial charge in [-0.25, -0.2) is 4.79 Å². The summed E-state index contributed by atoms with van der Waals surface area (Å²) in [4.78, 5) is 24.4. The van der Waals surface area contributed by atoms with Crippen molar-refractivity contribution in [3.8, 4) is 17.2 Å². The van der Waals surface area contributed by atoms with Crippen LogP contribution in [0.5, 0.6) is 17.2 Å². The third kappa shape index (κ3) is 4.90. The number of nitrogens with two attached hydrogens (primary N) is 1. The topological polar surface area (TPSA) is 109 Å². The van der Waals surface area contributed by atoms with E-state index in [0.717, 1.165) is 0 Å². The molecule has 0 aliphatic carbocycles. The Bertz CT molecular complexity index is 904. The molecule has 0 aromatic heterocycles. The lowest BCUT2D eigenvalue weighted by Crippen LogP contribution is -2.21. The van der Waals surface area contributed by atoms with Gasteiger partial charge in [0.2, 0.25) is 0 Å². The van der Waals surface area contributed by atoms with Gasteiger partial charge in [0, 0.05) is 12.1 Å². The smallest absolute Gasteiger partial charge is 0.342 e. The molecule has 0 heterocycles. The van der Waals surface area contributed by atoms with Gasteiger partial charge in [-0.15, -0.1) is 0 Å². The molecule has 0 aliphatic heterocycles. The first kappa shape index (κ1) is 21.5. The van der Waals surface area contributed by atoms with Crippen LogP contribution in [0.3, 0.4) is 0 Å². The second kappa shape index (κ2) is 9.38. The number of halogens is 2. The van der Waals surface area contributed by atoms with Gasteiger partial charge in [-0.05, 0) is 12.1 Å². The highest BCUT2D eigenvalue weighted by Gasteiger charge is 2.19. The fourth-order valence-electron chi connectivity index (χ4n) is 2.25. The van der Waals surface area contributed by atoms with Crippen molar-refractivity contribution in [2.75, 3.05) is 39.0 Å². The number of amides is 1. The zero-order chi connectivity index (χ0) is 20.8. The van der Waals surface area contributed by atoms with Crippen LogP contribution in [-0.4, -0.2) is 39.8 Å². The Kier molecular flexibility index (Phi) is 7.19. The molecule has 3 N–H and O–H groups in total. The molecule has 1 amide bonds. The summed E-state index contributed by atoms with van der Waals surface area (Å²) in [5.41, 5.74) is 6.26. The monoisotopic (exact) mass is 428 g/mol. The molecule has 2 rings (SSSR count). The van der Waals surface area contributed by atoms with Crippen LogP contribution in [0.1, 0.15) is 10.4 Å². The normalized spacial score (nSPS) is 10.2. The van der Waals surface area contributed by atoms with Gasteiger partial charge in [-0.1, -0.05) is 23.2 Å². The van der Waals surface area contributed by atoms with E-state index in [9.17, 15) is 9.59 Å². The van der Waals surface area contributed by atoms with E-state index in [-0.39, 0.29) is 27.0 Å². The van der Waals surface area contributed by atoms with Crippen LogP contribution in [0.15, 0.2) is 24.3 Å². The number of carbonyl (C=O) groups excluding carboxylic acids is 2. The largest absolute Gasteiger partial charge is 0.496 e. The van der Waals surface area contributed by atoms with Crippen LogP contribution in [0.25, 0.3) is 0 Å². The maximum atomic E-state index is 12.3. The number of carbonyl (C=O) groups is 2. The van der Waals surface area contributed by atoms with Crippen molar-refractivity contribution < 1.29 is 28.5 Å². The molecule has 2 aromatic rings. The Morgan fingerprint density at radius 2 is 1.57 bits per heavy atom. The van der Waals surface area contributed by atoms with Crippen molar-refractivity contribution in [1.82, 2.24) is 0 Å². The minimum absolute atomic E-state index is 0.0413. The molecule has 0 spiro atoms. The predicted octanol–water partition coefficient (Wildman–Crippen LogP) is 3.40. The number of ether oxygens (including phenoxy) is 4. The van der Waals surface area contributed by atoms with E-state index < -0.39 is 18.5 Å². The molecular formula is C18H18Cl2N2O6. The molecule has 28 heavy (non-hydrogen) atoms. The third-order valence-corrected chi connectivity index (χ3v) is 4.24. The average Bonchev–Trinajstić information content (AvgIpc) is 2.68. The van der Waals surface area contributed by atoms with Crippen LogP contribution >= 0.6 is 23.2 Å². The Balaban J connectivity index is 2.08. The van der Waals surface area contributed by atoms with E-state index in [1.165, 1.54) is 45.6 Å². The number of benzene rings is 2. The average molecular weight is 429 g/mol. The van der Waals surface area contributed by atoms with Crippen LogP contribution in [-0.2, 0) is 9.53 Å². The van der Waals surface area contributed by atoms with E-state index in [0.29, 0.717) is 17.2 Å². The summed E-state index contributed by atoms with van der Waals surface area (Å²) in [5.74, 6) is -0.513. The SMILES string of the molecule is COc1cc(OC)c(NC(=O)COC(=O)c2cc(Cl)c(N)cc2OC)cc1Cl. The van der Waals surface area contributed by atoms with E-state index in [1.54, 1.807) is 0 Å². The molecule has 150 valence electrons. The van der Waals surface area contributed by atoms with Crippen molar-refractivity contribution in [1.29, 1.82) is 0 Å². The molecule has 8 nitrogen and oxygen atoms in total. The molecule has 0 saturated heterocycles. The van der Waals surface area contributed by atoms with E-state index >= 15 is 0 Å². The molecule has 10 heteroatoms. The van der Waals surface area contributed by atoms with Gasteiger partial charge in [0.15, 0.2) is 6.61 Å². The van der Waals surface area contributed by atoms with Gasteiger partial charge in [0.25, 0.3) is 5.91 Å². The lowest BCUT2D eigenvalue weighted by Gasteiger charge is -2.14. The van der Waals surface area contributed by atoms with Crippen LogP contribution in [0.2, 0.25) is 10.0 Å². The number of esters is 1. The zero-order valence-corrected chi connectivity index (χ0v) is 16.8. The second-order valence-electron chi connectivity index (χ2n) is 5.39. The van der Waals surface area contributed by atoms with Gasteiger partial charge in [-0.2, -0.15) is 0 Å². The zero-order valence-electron chi connectivity index (χ0n) is 15.3. The second-order valence-corrected chi connectivity index (χ2v) is 6.20. The summed E-state index contributed by atoms with van der Waals surface area (Å²) >= 11 is 12.0.